The van der Waals surface area contributed by atoms with Gasteiger partial charge < -0.3 is 13.8 Å². The number of hydrogen-bond acceptors (Lipinski definition) is 3. The molecule has 1 heterocycles. The molecular formula is C12H27NO2Si. The Bertz CT molecular complexity index is 192. The maximum absolute atomic E-state index is 6.05. The molecule has 1 saturated heterocycles. The lowest BCUT2D eigenvalue weighted by molar-refractivity contribution is 0.160. The van der Waals surface area contributed by atoms with Crippen LogP contribution in [0.1, 0.15) is 32.6 Å². The molecule has 0 aromatic carbocycles. The lowest BCUT2D eigenvalue weighted by Crippen LogP contribution is -2.40. The zero-order valence-corrected chi connectivity index (χ0v) is 12.1. The fourth-order valence-corrected chi connectivity index (χ4v) is 4.60. The Balaban J connectivity index is 2.44. The van der Waals surface area contributed by atoms with E-state index in [2.05, 4.69) is 25.4 Å². The monoisotopic (exact) mass is 245 g/mol. The lowest BCUT2D eigenvalue weighted by Gasteiger charge is -2.27. The average molecular weight is 245 g/mol. The van der Waals surface area contributed by atoms with Crippen molar-refractivity contribution < 1.29 is 8.85 Å². The predicted molar refractivity (Wildman–Crippen MR) is 70.0 cm³/mol. The van der Waals surface area contributed by atoms with Gasteiger partial charge in [-0.2, -0.15) is 0 Å². The fourth-order valence-electron chi connectivity index (χ4n) is 2.20. The van der Waals surface area contributed by atoms with E-state index < -0.39 is 8.56 Å². The Hall–Kier alpha value is 0.0969. The van der Waals surface area contributed by atoms with Gasteiger partial charge >= 0.3 is 8.56 Å². The molecule has 0 aromatic rings. The second kappa shape index (κ2) is 7.43. The summed E-state index contributed by atoms with van der Waals surface area (Å²) < 4.78 is 11.9. The van der Waals surface area contributed by atoms with Crippen LogP contribution in [0.25, 0.3) is 0 Å². The summed E-state index contributed by atoms with van der Waals surface area (Å²) >= 11 is 0. The van der Waals surface area contributed by atoms with Gasteiger partial charge in [0.05, 0.1) is 0 Å². The van der Waals surface area contributed by atoms with Gasteiger partial charge in [-0.25, -0.2) is 0 Å². The van der Waals surface area contributed by atoms with Crippen LogP contribution >= 0.6 is 0 Å². The molecule has 0 aliphatic carbocycles. The lowest BCUT2D eigenvalue weighted by atomic mass is 10.2. The van der Waals surface area contributed by atoms with Crippen LogP contribution in [0.15, 0.2) is 0 Å². The number of hydrogen-bond donors (Lipinski definition) is 0. The van der Waals surface area contributed by atoms with E-state index in [1.807, 2.05) is 0 Å². The van der Waals surface area contributed by atoms with Crippen molar-refractivity contribution in [3.8, 4) is 0 Å². The zero-order valence-electron chi connectivity index (χ0n) is 11.1. The summed E-state index contributed by atoms with van der Waals surface area (Å²) in [5, 5.41) is 0. The molecule has 0 saturated carbocycles. The SMILES string of the molecule is CCO[Si]1(C)CCCCCCN(C)CCO1. The van der Waals surface area contributed by atoms with Gasteiger partial charge in [0.25, 0.3) is 0 Å². The van der Waals surface area contributed by atoms with Crippen LogP contribution in [0, 0.1) is 0 Å². The summed E-state index contributed by atoms with van der Waals surface area (Å²) in [6.45, 7) is 8.15. The van der Waals surface area contributed by atoms with Crippen molar-refractivity contribution in [1.29, 1.82) is 0 Å². The minimum absolute atomic E-state index is 0.790. The normalized spacial score (nSPS) is 30.9. The molecule has 0 bridgehead atoms. The average Bonchev–Trinajstić information content (AvgIpc) is 2.26. The molecule has 1 fully saturated rings. The number of nitrogens with zero attached hydrogens (tertiary/aromatic N) is 1. The standard InChI is InChI=1S/C12H27NO2Si/c1-4-14-16(3)12-8-6-5-7-9-13(2)10-11-15-16/h4-12H2,1-3H3. The van der Waals surface area contributed by atoms with Crippen molar-refractivity contribution in [2.24, 2.45) is 0 Å². The van der Waals surface area contributed by atoms with E-state index in [4.69, 9.17) is 8.85 Å². The second-order valence-electron chi connectivity index (χ2n) is 4.88. The van der Waals surface area contributed by atoms with Crippen LogP contribution in [-0.4, -0.2) is 46.8 Å². The van der Waals surface area contributed by atoms with Gasteiger partial charge in [0, 0.05) is 19.8 Å². The van der Waals surface area contributed by atoms with Crippen LogP contribution in [0.4, 0.5) is 0 Å². The van der Waals surface area contributed by atoms with Crippen molar-refractivity contribution in [2.75, 3.05) is 33.4 Å². The summed E-state index contributed by atoms with van der Waals surface area (Å²) in [4.78, 5) is 2.37. The molecule has 3 nitrogen and oxygen atoms in total. The highest BCUT2D eigenvalue weighted by atomic mass is 28.4. The maximum Gasteiger partial charge on any atom is 0.334 e. The third kappa shape index (κ3) is 5.43. The highest BCUT2D eigenvalue weighted by Crippen LogP contribution is 2.19. The van der Waals surface area contributed by atoms with Gasteiger partial charge in [0.1, 0.15) is 0 Å². The van der Waals surface area contributed by atoms with Crippen LogP contribution in [-0.2, 0) is 8.85 Å². The van der Waals surface area contributed by atoms with Crippen LogP contribution in [0.5, 0.6) is 0 Å². The Morgan fingerprint density at radius 3 is 2.69 bits per heavy atom. The number of rotatable bonds is 2. The molecule has 16 heavy (non-hydrogen) atoms. The molecule has 0 spiro atoms. The van der Waals surface area contributed by atoms with Crippen molar-refractivity contribution in [3.63, 3.8) is 0 Å². The Labute approximate surface area is 101 Å². The topological polar surface area (TPSA) is 21.7 Å². The van der Waals surface area contributed by atoms with Gasteiger partial charge in [-0.1, -0.05) is 19.3 Å². The molecule has 0 N–H and O–H groups in total. The predicted octanol–water partition coefficient (Wildman–Crippen LogP) is 2.62. The Kier molecular flexibility index (Phi) is 6.57. The van der Waals surface area contributed by atoms with Crippen LogP contribution in [0.3, 0.4) is 0 Å². The first kappa shape index (κ1) is 14.2. The largest absolute Gasteiger partial charge is 0.395 e. The van der Waals surface area contributed by atoms with E-state index in [9.17, 15) is 0 Å². The van der Waals surface area contributed by atoms with E-state index in [-0.39, 0.29) is 0 Å². The van der Waals surface area contributed by atoms with E-state index >= 15 is 0 Å². The molecule has 1 atom stereocenters. The fraction of sp³-hybridized carbons (Fsp3) is 1.00. The third-order valence-corrected chi connectivity index (χ3v) is 6.23. The molecule has 0 aromatic heterocycles. The zero-order chi connectivity index (χ0) is 11.9. The summed E-state index contributed by atoms with van der Waals surface area (Å²) in [6, 6.07) is 1.16. The molecule has 1 aliphatic rings. The molecule has 0 radical (unpaired) electrons. The summed E-state index contributed by atoms with van der Waals surface area (Å²) in [6.07, 6.45) is 5.27. The van der Waals surface area contributed by atoms with Crippen molar-refractivity contribution in [3.05, 3.63) is 0 Å². The molecule has 0 amide bonds. The van der Waals surface area contributed by atoms with Gasteiger partial charge in [-0.15, -0.1) is 0 Å². The van der Waals surface area contributed by atoms with Crippen molar-refractivity contribution in [2.45, 2.75) is 45.2 Å². The Morgan fingerprint density at radius 2 is 1.94 bits per heavy atom. The molecule has 4 heteroatoms. The minimum atomic E-state index is -1.85. The first-order valence-corrected chi connectivity index (χ1v) is 9.15. The van der Waals surface area contributed by atoms with Gasteiger partial charge in [-0.3, -0.25) is 0 Å². The van der Waals surface area contributed by atoms with Gasteiger partial charge in [-0.05, 0) is 39.5 Å². The third-order valence-electron chi connectivity index (χ3n) is 3.25. The highest BCUT2D eigenvalue weighted by Gasteiger charge is 2.30. The van der Waals surface area contributed by atoms with Gasteiger partial charge in [0.15, 0.2) is 0 Å². The molecule has 1 unspecified atom stereocenters. The first-order chi connectivity index (χ1) is 7.66. The molecule has 1 aliphatic heterocycles. The van der Waals surface area contributed by atoms with Gasteiger partial charge in [0.2, 0.25) is 0 Å². The van der Waals surface area contributed by atoms with Crippen molar-refractivity contribution >= 4 is 8.56 Å². The maximum atomic E-state index is 6.05. The second-order valence-corrected chi connectivity index (χ2v) is 8.23. The highest BCUT2D eigenvalue weighted by molar-refractivity contribution is 6.66. The van der Waals surface area contributed by atoms with Crippen LogP contribution in [0.2, 0.25) is 12.6 Å². The molecule has 1 rings (SSSR count). The summed E-state index contributed by atoms with van der Waals surface area (Å²) in [5.41, 5.74) is 0. The molecular weight excluding hydrogens is 218 g/mol. The van der Waals surface area contributed by atoms with E-state index in [1.165, 1.54) is 32.2 Å². The summed E-state index contributed by atoms with van der Waals surface area (Å²) in [7, 11) is 0.329. The first-order valence-electron chi connectivity index (χ1n) is 6.63. The summed E-state index contributed by atoms with van der Waals surface area (Å²) in [5.74, 6) is 0. The Morgan fingerprint density at radius 1 is 1.19 bits per heavy atom. The van der Waals surface area contributed by atoms with Crippen LogP contribution < -0.4 is 0 Å². The van der Waals surface area contributed by atoms with E-state index in [0.717, 1.165) is 25.8 Å². The van der Waals surface area contributed by atoms with Crippen molar-refractivity contribution in [1.82, 2.24) is 4.90 Å². The van der Waals surface area contributed by atoms with E-state index in [0.29, 0.717) is 0 Å². The smallest absolute Gasteiger partial charge is 0.334 e. The quantitative estimate of drug-likeness (QED) is 0.698. The van der Waals surface area contributed by atoms with E-state index in [1.54, 1.807) is 0 Å². The molecule has 96 valence electrons. The number of likely N-dealkylation sites (N-methyl/N-ethyl adjacent to an activating group) is 1. The minimum Gasteiger partial charge on any atom is -0.395 e.